The van der Waals surface area contributed by atoms with Crippen LogP contribution in [0.15, 0.2) is 17.0 Å². The van der Waals surface area contributed by atoms with Crippen LogP contribution >= 0.6 is 0 Å². The number of nitrogens with one attached hydrogen (secondary N) is 1. The number of carboxylic acids is 1. The van der Waals surface area contributed by atoms with Crippen LogP contribution in [0.5, 0.6) is 0 Å². The summed E-state index contributed by atoms with van der Waals surface area (Å²) in [5.74, 6) is -0.00983. The van der Waals surface area contributed by atoms with Crippen LogP contribution in [0.4, 0.5) is 4.39 Å². The molecule has 0 aliphatic heterocycles. The molecule has 1 aromatic rings. The fraction of sp³-hybridized carbons (Fsp3) is 0.357. The maximum absolute atomic E-state index is 13.7. The van der Waals surface area contributed by atoms with Crippen LogP contribution in [0.2, 0.25) is 0 Å². The zero-order valence-corrected chi connectivity index (χ0v) is 12.5. The monoisotopic (exact) mass is 313 g/mol. The number of benzene rings is 1. The minimum absolute atomic E-state index is 0.153. The van der Waals surface area contributed by atoms with Gasteiger partial charge in [0, 0.05) is 5.56 Å². The lowest BCUT2D eigenvalue weighted by Gasteiger charge is -2.15. The molecule has 2 N–H and O–H groups in total. The summed E-state index contributed by atoms with van der Waals surface area (Å²) >= 11 is 0. The average molecular weight is 313 g/mol. The molecule has 1 unspecified atom stereocenters. The van der Waals surface area contributed by atoms with Gasteiger partial charge in [-0.25, -0.2) is 17.6 Å². The van der Waals surface area contributed by atoms with Crippen molar-refractivity contribution < 1.29 is 22.7 Å². The van der Waals surface area contributed by atoms with Crippen molar-refractivity contribution in [3.8, 4) is 12.3 Å². The number of sulfonamides is 1. The lowest BCUT2D eigenvalue weighted by Crippen LogP contribution is -2.34. The molecule has 114 valence electrons. The largest absolute Gasteiger partial charge is 0.478 e. The number of hydrogen-bond acceptors (Lipinski definition) is 3. The molecule has 5 nitrogen and oxygen atoms in total. The van der Waals surface area contributed by atoms with Crippen molar-refractivity contribution in [3.05, 3.63) is 29.1 Å². The van der Waals surface area contributed by atoms with Gasteiger partial charge < -0.3 is 5.11 Å². The van der Waals surface area contributed by atoms with E-state index in [1.807, 2.05) is 6.92 Å². The zero-order chi connectivity index (χ0) is 16.2. The summed E-state index contributed by atoms with van der Waals surface area (Å²) in [5, 5.41) is 8.89. The van der Waals surface area contributed by atoms with Gasteiger partial charge in [-0.15, -0.1) is 6.42 Å². The number of carboxylic acid groups (broad SMARTS) is 1. The van der Waals surface area contributed by atoms with Crippen LogP contribution in [0, 0.1) is 25.1 Å². The highest BCUT2D eigenvalue weighted by Gasteiger charge is 2.24. The number of rotatable bonds is 6. The zero-order valence-electron chi connectivity index (χ0n) is 11.7. The Balaban J connectivity index is 3.31. The van der Waals surface area contributed by atoms with Crippen molar-refractivity contribution in [3.63, 3.8) is 0 Å². The van der Waals surface area contributed by atoms with Gasteiger partial charge in [0.1, 0.15) is 5.82 Å². The maximum atomic E-state index is 13.7. The molecule has 0 amide bonds. The van der Waals surface area contributed by atoms with Gasteiger partial charge in [-0.3, -0.25) is 0 Å². The highest BCUT2D eigenvalue weighted by atomic mass is 32.2. The molecule has 21 heavy (non-hydrogen) atoms. The van der Waals surface area contributed by atoms with Gasteiger partial charge in [0.05, 0.1) is 16.5 Å². The Labute approximate surface area is 123 Å². The molecular weight excluding hydrogens is 297 g/mol. The van der Waals surface area contributed by atoms with Gasteiger partial charge in [-0.2, -0.15) is 4.72 Å². The lowest BCUT2D eigenvalue weighted by molar-refractivity contribution is 0.0696. The molecule has 0 saturated carbocycles. The van der Waals surface area contributed by atoms with Gasteiger partial charge in [0.25, 0.3) is 0 Å². The second-order valence-corrected chi connectivity index (χ2v) is 6.20. The molecule has 7 heteroatoms. The van der Waals surface area contributed by atoms with Crippen molar-refractivity contribution in [2.24, 2.45) is 0 Å². The lowest BCUT2D eigenvalue weighted by atomic mass is 10.1. The second kappa shape index (κ2) is 6.70. The summed E-state index contributed by atoms with van der Waals surface area (Å²) in [6, 6.07) is 0.972. The predicted molar refractivity (Wildman–Crippen MR) is 75.9 cm³/mol. The third-order valence-corrected chi connectivity index (χ3v) is 4.51. The molecule has 0 aromatic heterocycles. The van der Waals surface area contributed by atoms with Gasteiger partial charge in [0.15, 0.2) is 0 Å². The molecule has 0 aliphatic rings. The molecular formula is C14H16FNO4S. The van der Waals surface area contributed by atoms with E-state index in [1.165, 1.54) is 6.92 Å². The maximum Gasteiger partial charge on any atom is 0.335 e. The van der Waals surface area contributed by atoms with E-state index in [4.69, 9.17) is 11.5 Å². The van der Waals surface area contributed by atoms with Crippen molar-refractivity contribution in [2.75, 3.05) is 0 Å². The summed E-state index contributed by atoms with van der Waals surface area (Å²) in [4.78, 5) is 10.5. The Kier molecular flexibility index (Phi) is 5.47. The topological polar surface area (TPSA) is 83.5 Å². The highest BCUT2D eigenvalue weighted by Crippen LogP contribution is 2.21. The summed E-state index contributed by atoms with van der Waals surface area (Å²) in [5.41, 5.74) is -0.592. The van der Waals surface area contributed by atoms with E-state index in [2.05, 4.69) is 10.6 Å². The molecule has 0 heterocycles. The summed E-state index contributed by atoms with van der Waals surface area (Å²) in [6.45, 7) is 3.11. The first-order valence-corrected chi connectivity index (χ1v) is 7.73. The number of hydrogen-bond donors (Lipinski definition) is 2. The molecule has 1 aromatic carbocycles. The van der Waals surface area contributed by atoms with E-state index in [1.54, 1.807) is 0 Å². The van der Waals surface area contributed by atoms with Crippen LogP contribution in [-0.4, -0.2) is 25.5 Å². The molecule has 0 aliphatic carbocycles. The van der Waals surface area contributed by atoms with E-state index < -0.39 is 38.3 Å². The highest BCUT2D eigenvalue weighted by molar-refractivity contribution is 7.89. The number of terminal acetylenes is 1. The summed E-state index contributed by atoms with van der Waals surface area (Å²) in [6.07, 6.45) is 6.34. The normalized spacial score (nSPS) is 12.7. The molecule has 0 spiro atoms. The minimum Gasteiger partial charge on any atom is -0.478 e. The smallest absolute Gasteiger partial charge is 0.335 e. The molecule has 0 bridgehead atoms. The van der Waals surface area contributed by atoms with Crippen LogP contribution in [0.1, 0.15) is 35.7 Å². The molecule has 0 saturated heterocycles. The van der Waals surface area contributed by atoms with Crippen molar-refractivity contribution in [1.82, 2.24) is 4.72 Å². The summed E-state index contributed by atoms with van der Waals surface area (Å²) in [7, 11) is -4.10. The number of carbonyl (C=O) groups is 1. The molecule has 0 fully saturated rings. The van der Waals surface area contributed by atoms with E-state index in [0.29, 0.717) is 12.8 Å². The fourth-order valence-electron chi connectivity index (χ4n) is 1.77. The van der Waals surface area contributed by atoms with Crippen LogP contribution in [0.25, 0.3) is 0 Å². The van der Waals surface area contributed by atoms with Crippen molar-refractivity contribution in [1.29, 1.82) is 0 Å². The third-order valence-electron chi connectivity index (χ3n) is 2.91. The first kappa shape index (κ1) is 17.1. The Morgan fingerprint density at radius 3 is 2.62 bits per heavy atom. The van der Waals surface area contributed by atoms with E-state index in [9.17, 15) is 17.6 Å². The van der Waals surface area contributed by atoms with Gasteiger partial charge in [-0.1, -0.05) is 19.3 Å². The number of aromatic carboxylic acids is 1. The Morgan fingerprint density at radius 2 is 2.14 bits per heavy atom. The van der Waals surface area contributed by atoms with Crippen molar-refractivity contribution in [2.45, 2.75) is 37.6 Å². The average Bonchev–Trinajstić information content (AvgIpc) is 2.40. The Morgan fingerprint density at radius 1 is 1.52 bits per heavy atom. The second-order valence-electron chi connectivity index (χ2n) is 4.52. The fourth-order valence-corrected chi connectivity index (χ4v) is 3.24. The van der Waals surface area contributed by atoms with Crippen LogP contribution in [-0.2, 0) is 10.0 Å². The molecule has 0 radical (unpaired) electrons. The molecule has 1 rings (SSSR count). The van der Waals surface area contributed by atoms with Crippen molar-refractivity contribution >= 4 is 16.0 Å². The summed E-state index contributed by atoms with van der Waals surface area (Å²) < 4.78 is 40.5. The number of halogens is 1. The van der Waals surface area contributed by atoms with E-state index in [0.717, 1.165) is 12.1 Å². The van der Waals surface area contributed by atoms with Gasteiger partial charge in [-0.05, 0) is 25.5 Å². The third kappa shape index (κ3) is 4.03. The quantitative estimate of drug-likeness (QED) is 0.786. The first-order valence-electron chi connectivity index (χ1n) is 6.24. The van der Waals surface area contributed by atoms with Gasteiger partial charge in [0.2, 0.25) is 10.0 Å². The minimum atomic E-state index is -4.10. The van der Waals surface area contributed by atoms with E-state index in [-0.39, 0.29) is 5.56 Å². The van der Waals surface area contributed by atoms with Crippen LogP contribution < -0.4 is 4.72 Å². The Bertz CT molecular complexity index is 692. The first-order chi connectivity index (χ1) is 9.72. The predicted octanol–water partition coefficient (Wildman–Crippen LogP) is 1.91. The molecule has 1 atom stereocenters. The Hall–Kier alpha value is -1.91. The van der Waals surface area contributed by atoms with Gasteiger partial charge >= 0.3 is 5.97 Å². The standard InChI is InChI=1S/C14H16FNO4S/c1-4-6-11(5-2)16-21(19,20)13-8-10(14(17)18)7-12(15)9(13)3/h2,7-8,11,16H,4,6H2,1,3H3,(H,17,18). The SMILES string of the molecule is C#CC(CCC)NS(=O)(=O)c1cc(C(=O)O)cc(F)c1C. The van der Waals surface area contributed by atoms with Crippen LogP contribution in [0.3, 0.4) is 0 Å². The van der Waals surface area contributed by atoms with E-state index >= 15 is 0 Å².